The van der Waals surface area contributed by atoms with Crippen molar-refractivity contribution in [2.24, 2.45) is 0 Å². The molecule has 29 heavy (non-hydrogen) atoms. The van der Waals surface area contributed by atoms with E-state index in [9.17, 15) is 8.42 Å². The lowest BCUT2D eigenvalue weighted by molar-refractivity contribution is 0.382. The van der Waals surface area contributed by atoms with E-state index >= 15 is 0 Å². The molecular weight excluding hydrogens is 392 g/mol. The van der Waals surface area contributed by atoms with Crippen LogP contribution in [0.2, 0.25) is 0 Å². The van der Waals surface area contributed by atoms with E-state index < -0.39 is 10.0 Å². The number of aryl methyl sites for hydroxylation is 3. The Labute approximate surface area is 170 Å². The van der Waals surface area contributed by atoms with Gasteiger partial charge in [-0.05, 0) is 44.0 Å². The maximum absolute atomic E-state index is 13.3. The molecule has 1 aliphatic heterocycles. The van der Waals surface area contributed by atoms with E-state index in [1.165, 1.54) is 6.33 Å². The number of rotatable bonds is 4. The molecule has 0 atom stereocenters. The smallest absolute Gasteiger partial charge is 0.254 e. The predicted octanol–water partition coefficient (Wildman–Crippen LogP) is 1.57. The molecule has 10 heteroatoms. The molecule has 0 bridgehead atoms. The van der Waals surface area contributed by atoms with Gasteiger partial charge in [0.05, 0.1) is 12.0 Å². The van der Waals surface area contributed by atoms with E-state index in [1.54, 1.807) is 35.0 Å². The zero-order valence-electron chi connectivity index (χ0n) is 17.0. The molecule has 2 aromatic heterocycles. The van der Waals surface area contributed by atoms with E-state index in [1.807, 2.05) is 19.9 Å². The van der Waals surface area contributed by atoms with Crippen LogP contribution >= 0.6 is 0 Å². The molecular formula is C19H24N6O3S. The third-order valence-electron chi connectivity index (χ3n) is 5.23. The van der Waals surface area contributed by atoms with Gasteiger partial charge in [0.25, 0.3) is 5.78 Å². The molecule has 3 heterocycles. The van der Waals surface area contributed by atoms with Crippen LogP contribution in [0.3, 0.4) is 0 Å². The van der Waals surface area contributed by atoms with Gasteiger partial charge in [0, 0.05) is 37.9 Å². The number of benzene rings is 1. The van der Waals surface area contributed by atoms with Crippen LogP contribution < -0.4 is 9.64 Å². The van der Waals surface area contributed by atoms with Gasteiger partial charge in [0.15, 0.2) is 0 Å². The number of hydrogen-bond acceptors (Lipinski definition) is 7. The summed E-state index contributed by atoms with van der Waals surface area (Å²) >= 11 is 0. The zero-order valence-corrected chi connectivity index (χ0v) is 17.8. The third kappa shape index (κ3) is 3.42. The minimum atomic E-state index is -3.58. The summed E-state index contributed by atoms with van der Waals surface area (Å²) in [4.78, 5) is 11.0. The first-order chi connectivity index (χ1) is 13.8. The van der Waals surface area contributed by atoms with Gasteiger partial charge in [-0.3, -0.25) is 0 Å². The van der Waals surface area contributed by atoms with Gasteiger partial charge in [-0.2, -0.15) is 18.9 Å². The lowest BCUT2D eigenvalue weighted by Gasteiger charge is -2.35. The number of piperazine rings is 1. The average molecular weight is 417 g/mol. The van der Waals surface area contributed by atoms with Crippen LogP contribution in [-0.2, 0) is 10.0 Å². The summed E-state index contributed by atoms with van der Waals surface area (Å²) in [6, 6.07) is 5.42. The summed E-state index contributed by atoms with van der Waals surface area (Å²) in [5.41, 5.74) is 2.33. The largest absolute Gasteiger partial charge is 0.496 e. The second-order valence-electron chi connectivity index (χ2n) is 7.21. The third-order valence-corrected chi connectivity index (χ3v) is 7.27. The lowest BCUT2D eigenvalue weighted by Crippen LogP contribution is -2.49. The van der Waals surface area contributed by atoms with Gasteiger partial charge in [-0.15, -0.1) is 0 Å². The van der Waals surface area contributed by atoms with Crippen molar-refractivity contribution in [3.05, 3.63) is 41.3 Å². The molecule has 1 aliphatic rings. The standard InChI is InChI=1S/C19H24N6O3S/c1-13-10-17(14(2)9-16(13)28-4)29(26,27)24-7-5-23(6-8-24)18-11-15(3)22-19-20-12-21-25(18)19/h9-12H,5-8H2,1-4H3. The summed E-state index contributed by atoms with van der Waals surface area (Å²) in [6.45, 7) is 7.47. The van der Waals surface area contributed by atoms with Gasteiger partial charge in [0.1, 0.15) is 17.9 Å². The highest BCUT2D eigenvalue weighted by molar-refractivity contribution is 7.89. The average Bonchev–Trinajstić information content (AvgIpc) is 3.17. The summed E-state index contributed by atoms with van der Waals surface area (Å²) in [5, 5.41) is 4.25. The van der Waals surface area contributed by atoms with Crippen LogP contribution in [0.1, 0.15) is 16.8 Å². The molecule has 0 spiro atoms. The van der Waals surface area contributed by atoms with Crippen LogP contribution in [0.5, 0.6) is 5.75 Å². The summed E-state index contributed by atoms with van der Waals surface area (Å²) in [7, 11) is -2.00. The number of anilines is 1. The van der Waals surface area contributed by atoms with E-state index in [0.717, 1.165) is 17.1 Å². The van der Waals surface area contributed by atoms with Crippen molar-refractivity contribution < 1.29 is 13.2 Å². The van der Waals surface area contributed by atoms with Gasteiger partial charge in [0.2, 0.25) is 10.0 Å². The van der Waals surface area contributed by atoms with E-state index in [2.05, 4.69) is 20.0 Å². The molecule has 1 saturated heterocycles. The summed E-state index contributed by atoms with van der Waals surface area (Å²) in [6.07, 6.45) is 1.47. The number of hydrogen-bond donors (Lipinski definition) is 0. The number of aromatic nitrogens is 4. The van der Waals surface area contributed by atoms with Gasteiger partial charge in [-0.1, -0.05) is 0 Å². The highest BCUT2D eigenvalue weighted by atomic mass is 32.2. The van der Waals surface area contributed by atoms with Crippen LogP contribution in [0, 0.1) is 20.8 Å². The highest BCUT2D eigenvalue weighted by Crippen LogP contribution is 2.29. The van der Waals surface area contributed by atoms with Crippen molar-refractivity contribution in [2.75, 3.05) is 38.2 Å². The fourth-order valence-corrected chi connectivity index (χ4v) is 5.41. The number of ether oxygens (including phenoxy) is 1. The van der Waals surface area contributed by atoms with E-state index in [4.69, 9.17) is 4.74 Å². The van der Waals surface area contributed by atoms with Crippen molar-refractivity contribution in [1.29, 1.82) is 0 Å². The Morgan fingerprint density at radius 3 is 2.41 bits per heavy atom. The second-order valence-corrected chi connectivity index (χ2v) is 9.11. The molecule has 0 amide bonds. The van der Waals surface area contributed by atoms with Crippen molar-refractivity contribution >= 4 is 21.6 Å². The Balaban J connectivity index is 1.58. The molecule has 0 saturated carbocycles. The molecule has 154 valence electrons. The summed E-state index contributed by atoms with van der Waals surface area (Å²) in [5.74, 6) is 2.11. The lowest BCUT2D eigenvalue weighted by atomic mass is 10.1. The Morgan fingerprint density at radius 2 is 1.72 bits per heavy atom. The van der Waals surface area contributed by atoms with Crippen LogP contribution in [0.25, 0.3) is 5.78 Å². The molecule has 1 fully saturated rings. The maximum Gasteiger partial charge on any atom is 0.254 e. The van der Waals surface area contributed by atoms with Crippen LogP contribution in [-0.4, -0.2) is 65.6 Å². The minimum Gasteiger partial charge on any atom is -0.496 e. The monoisotopic (exact) mass is 416 g/mol. The molecule has 0 aliphatic carbocycles. The second kappa shape index (κ2) is 7.27. The molecule has 1 aromatic carbocycles. The van der Waals surface area contributed by atoms with Crippen molar-refractivity contribution in [3.8, 4) is 5.75 Å². The number of fused-ring (bicyclic) bond motifs is 1. The van der Waals surface area contributed by atoms with E-state index in [-0.39, 0.29) is 0 Å². The maximum atomic E-state index is 13.3. The Hall–Kier alpha value is -2.72. The van der Waals surface area contributed by atoms with E-state index in [0.29, 0.717) is 48.2 Å². The number of methoxy groups -OCH3 is 1. The quantitative estimate of drug-likeness (QED) is 0.637. The molecule has 4 rings (SSSR count). The Morgan fingerprint density at radius 1 is 1.00 bits per heavy atom. The molecule has 0 radical (unpaired) electrons. The van der Waals surface area contributed by atoms with Gasteiger partial charge in [-0.25, -0.2) is 13.4 Å². The van der Waals surface area contributed by atoms with Gasteiger partial charge < -0.3 is 9.64 Å². The first kappa shape index (κ1) is 19.6. The van der Waals surface area contributed by atoms with Gasteiger partial charge >= 0.3 is 0 Å². The van der Waals surface area contributed by atoms with Crippen molar-refractivity contribution in [3.63, 3.8) is 0 Å². The highest BCUT2D eigenvalue weighted by Gasteiger charge is 2.31. The molecule has 0 unspecified atom stereocenters. The molecule has 3 aromatic rings. The normalized spacial score (nSPS) is 15.8. The fraction of sp³-hybridized carbons (Fsp3) is 0.421. The molecule has 0 N–H and O–H groups in total. The SMILES string of the molecule is COc1cc(C)c(S(=O)(=O)N2CCN(c3cc(C)nc4ncnn34)CC2)cc1C. The van der Waals surface area contributed by atoms with Crippen LogP contribution in [0.4, 0.5) is 5.82 Å². The first-order valence-electron chi connectivity index (χ1n) is 9.39. The van der Waals surface area contributed by atoms with Crippen molar-refractivity contribution in [1.82, 2.24) is 23.9 Å². The number of nitrogens with zero attached hydrogens (tertiary/aromatic N) is 6. The fourth-order valence-electron chi connectivity index (χ4n) is 3.69. The Kier molecular flexibility index (Phi) is 4.91. The topological polar surface area (TPSA) is 92.9 Å². The van der Waals surface area contributed by atoms with Crippen LogP contribution in [0.15, 0.2) is 29.4 Å². The summed E-state index contributed by atoms with van der Waals surface area (Å²) < 4.78 is 35.1. The van der Waals surface area contributed by atoms with Crippen molar-refractivity contribution in [2.45, 2.75) is 25.7 Å². The number of sulfonamides is 1. The minimum absolute atomic E-state index is 0.336. The zero-order chi connectivity index (χ0) is 20.8. The molecule has 9 nitrogen and oxygen atoms in total. The first-order valence-corrected chi connectivity index (χ1v) is 10.8. The predicted molar refractivity (Wildman–Crippen MR) is 109 cm³/mol. The Bertz CT molecular complexity index is 1170.